The minimum Gasteiger partial charge on any atom is -0.368 e. The van der Waals surface area contributed by atoms with Crippen molar-refractivity contribution in [2.24, 2.45) is 5.73 Å². The number of aryl methyl sites for hydroxylation is 1. The van der Waals surface area contributed by atoms with Gasteiger partial charge in [-0.1, -0.05) is 17.7 Å². The number of nitrogens with zero attached hydrogens (tertiary/aromatic N) is 2. The number of amides is 3. The van der Waals surface area contributed by atoms with Gasteiger partial charge in [0.25, 0.3) is 17.7 Å². The van der Waals surface area contributed by atoms with E-state index in [1.54, 1.807) is 12.1 Å². The number of hydrogen-bond acceptors (Lipinski definition) is 5. The average molecular weight is 572 g/mol. The summed E-state index contributed by atoms with van der Waals surface area (Å²) in [6.45, 7) is 4.34. The molecule has 0 atom stereocenters. The zero-order chi connectivity index (χ0) is 29.6. The van der Waals surface area contributed by atoms with Gasteiger partial charge in [-0.3, -0.25) is 14.4 Å². The van der Waals surface area contributed by atoms with Gasteiger partial charge in [0.05, 0.1) is 11.4 Å². The Morgan fingerprint density at radius 1 is 0.810 bits per heavy atom. The minimum absolute atomic E-state index is 0.000994. The van der Waals surface area contributed by atoms with Gasteiger partial charge >= 0.3 is 0 Å². The molecule has 3 aromatic carbocycles. The predicted octanol–water partition coefficient (Wildman–Crippen LogP) is 4.74. The number of carbonyl (C=O) groups is 3. The zero-order valence-electron chi connectivity index (χ0n) is 23.9. The van der Waals surface area contributed by atoms with E-state index < -0.39 is 11.7 Å². The Labute approximate surface area is 246 Å². The highest BCUT2D eigenvalue weighted by Gasteiger charge is 2.25. The van der Waals surface area contributed by atoms with E-state index in [0.717, 1.165) is 43.4 Å². The quantitative estimate of drug-likeness (QED) is 0.396. The van der Waals surface area contributed by atoms with Crippen LogP contribution in [-0.4, -0.2) is 60.9 Å². The molecule has 220 valence electrons. The Kier molecular flexibility index (Phi) is 9.17. The number of nitrogens with one attached hydrogen (secondary N) is 2. The summed E-state index contributed by atoms with van der Waals surface area (Å²) in [5.74, 6) is -1.03. The summed E-state index contributed by atoms with van der Waals surface area (Å²) in [5.41, 5.74) is 9.72. The second-order valence-corrected chi connectivity index (χ2v) is 11.3. The Morgan fingerprint density at radius 3 is 2.29 bits per heavy atom. The van der Waals surface area contributed by atoms with Crippen LogP contribution in [0.1, 0.15) is 68.7 Å². The largest absolute Gasteiger partial charge is 0.368 e. The molecule has 0 spiro atoms. The molecule has 1 aliphatic carbocycles. The standard InChI is InChI=1S/C33H38FN5O3/c1-22-4-2-5-25(20-22)33(42)39-17-3-16-38(18-19-39)30-15-8-24(32(41)36-28-13-11-27(35)12-14-28)21-29(30)37-31(40)23-6-9-26(34)10-7-23/h2,4-10,15,20-21,27-28H,3,11-14,16-19,35H2,1H3,(H,36,41)(H,37,40). The topological polar surface area (TPSA) is 108 Å². The van der Waals surface area contributed by atoms with E-state index in [1.807, 2.05) is 42.2 Å². The molecule has 3 amide bonds. The van der Waals surface area contributed by atoms with E-state index in [4.69, 9.17) is 5.73 Å². The highest BCUT2D eigenvalue weighted by molar-refractivity contribution is 6.07. The zero-order valence-corrected chi connectivity index (χ0v) is 23.9. The average Bonchev–Trinajstić information content (AvgIpc) is 3.24. The molecule has 2 fully saturated rings. The summed E-state index contributed by atoms with van der Waals surface area (Å²) in [6, 6.07) is 18.5. The van der Waals surface area contributed by atoms with Crippen LogP contribution in [-0.2, 0) is 0 Å². The molecule has 8 nitrogen and oxygen atoms in total. The van der Waals surface area contributed by atoms with Crippen LogP contribution in [0.15, 0.2) is 66.7 Å². The van der Waals surface area contributed by atoms with Crippen molar-refractivity contribution in [1.29, 1.82) is 0 Å². The van der Waals surface area contributed by atoms with Crippen LogP contribution in [0.3, 0.4) is 0 Å². The number of rotatable bonds is 6. The predicted molar refractivity (Wildman–Crippen MR) is 162 cm³/mol. The second-order valence-electron chi connectivity index (χ2n) is 11.3. The molecular formula is C33H38FN5O3. The summed E-state index contributed by atoms with van der Waals surface area (Å²) >= 11 is 0. The second kappa shape index (κ2) is 13.2. The lowest BCUT2D eigenvalue weighted by molar-refractivity contribution is 0.0766. The van der Waals surface area contributed by atoms with Crippen molar-refractivity contribution in [3.8, 4) is 0 Å². The van der Waals surface area contributed by atoms with Crippen molar-refractivity contribution in [2.75, 3.05) is 36.4 Å². The van der Waals surface area contributed by atoms with Crippen LogP contribution in [0.2, 0.25) is 0 Å². The summed E-state index contributed by atoms with van der Waals surface area (Å²) < 4.78 is 13.5. The molecule has 2 aliphatic rings. The summed E-state index contributed by atoms with van der Waals surface area (Å²) in [4.78, 5) is 43.6. The van der Waals surface area contributed by atoms with Crippen molar-refractivity contribution in [1.82, 2.24) is 10.2 Å². The molecule has 0 unspecified atom stereocenters. The minimum atomic E-state index is -0.427. The van der Waals surface area contributed by atoms with Crippen LogP contribution in [0.4, 0.5) is 15.8 Å². The Bertz CT molecular complexity index is 1440. The first-order chi connectivity index (χ1) is 20.3. The fourth-order valence-electron chi connectivity index (χ4n) is 5.70. The Balaban J connectivity index is 1.36. The smallest absolute Gasteiger partial charge is 0.255 e. The number of carbonyl (C=O) groups excluding carboxylic acids is 3. The van der Waals surface area contributed by atoms with Crippen molar-refractivity contribution >= 4 is 29.1 Å². The van der Waals surface area contributed by atoms with Crippen LogP contribution < -0.4 is 21.3 Å². The number of hydrogen-bond donors (Lipinski definition) is 3. The van der Waals surface area contributed by atoms with Crippen molar-refractivity contribution in [2.45, 2.75) is 51.1 Å². The van der Waals surface area contributed by atoms with Crippen molar-refractivity contribution in [3.05, 3.63) is 94.8 Å². The molecular weight excluding hydrogens is 533 g/mol. The maximum atomic E-state index is 13.5. The molecule has 1 saturated carbocycles. The van der Waals surface area contributed by atoms with Crippen LogP contribution in [0.5, 0.6) is 0 Å². The van der Waals surface area contributed by atoms with E-state index in [9.17, 15) is 18.8 Å². The first-order valence-electron chi connectivity index (χ1n) is 14.6. The number of anilines is 2. The number of halogens is 1. The molecule has 0 aromatic heterocycles. The third-order valence-corrected chi connectivity index (χ3v) is 8.11. The molecule has 4 N–H and O–H groups in total. The number of nitrogens with two attached hydrogens (primary N) is 1. The van der Waals surface area contributed by atoms with E-state index in [-0.39, 0.29) is 23.9 Å². The van der Waals surface area contributed by atoms with Gasteiger partial charge in [0.15, 0.2) is 0 Å². The molecule has 5 rings (SSSR count). The fourth-order valence-corrected chi connectivity index (χ4v) is 5.70. The molecule has 1 heterocycles. The van der Waals surface area contributed by atoms with E-state index >= 15 is 0 Å². The fraction of sp³-hybridized carbons (Fsp3) is 0.364. The first kappa shape index (κ1) is 29.3. The van der Waals surface area contributed by atoms with Gasteiger partial charge in [-0.15, -0.1) is 0 Å². The normalized spacial score (nSPS) is 19.1. The monoisotopic (exact) mass is 571 g/mol. The highest BCUT2D eigenvalue weighted by atomic mass is 19.1. The SMILES string of the molecule is Cc1cccc(C(=O)N2CCCN(c3ccc(C(=O)NC4CCC(N)CC4)cc3NC(=O)c3ccc(F)cc3)CC2)c1. The van der Waals surface area contributed by atoms with Crippen LogP contribution in [0, 0.1) is 12.7 Å². The Morgan fingerprint density at radius 2 is 1.55 bits per heavy atom. The van der Waals surface area contributed by atoms with Gasteiger partial charge in [-0.05, 0) is 93.6 Å². The third-order valence-electron chi connectivity index (χ3n) is 8.11. The summed E-state index contributed by atoms with van der Waals surface area (Å²) in [7, 11) is 0. The van der Waals surface area contributed by atoms with E-state index in [0.29, 0.717) is 48.6 Å². The Hall–Kier alpha value is -4.24. The van der Waals surface area contributed by atoms with Gasteiger partial charge in [-0.2, -0.15) is 0 Å². The van der Waals surface area contributed by atoms with Gasteiger partial charge < -0.3 is 26.2 Å². The number of benzene rings is 3. The maximum absolute atomic E-state index is 13.5. The van der Waals surface area contributed by atoms with E-state index in [2.05, 4.69) is 15.5 Å². The molecule has 9 heteroatoms. The van der Waals surface area contributed by atoms with Crippen molar-refractivity contribution < 1.29 is 18.8 Å². The highest BCUT2D eigenvalue weighted by Crippen LogP contribution is 2.30. The summed E-state index contributed by atoms with van der Waals surface area (Å²) in [5, 5.41) is 6.07. The van der Waals surface area contributed by atoms with Gasteiger partial charge in [0, 0.05) is 55.0 Å². The van der Waals surface area contributed by atoms with Gasteiger partial charge in [0.2, 0.25) is 0 Å². The van der Waals surface area contributed by atoms with Gasteiger partial charge in [0.1, 0.15) is 5.82 Å². The van der Waals surface area contributed by atoms with Crippen LogP contribution in [0.25, 0.3) is 0 Å². The third kappa shape index (κ3) is 7.15. The van der Waals surface area contributed by atoms with E-state index in [1.165, 1.54) is 24.3 Å². The first-order valence-corrected chi connectivity index (χ1v) is 14.6. The van der Waals surface area contributed by atoms with Gasteiger partial charge in [-0.25, -0.2) is 4.39 Å². The maximum Gasteiger partial charge on any atom is 0.255 e. The lowest BCUT2D eigenvalue weighted by atomic mass is 9.91. The molecule has 0 radical (unpaired) electrons. The molecule has 1 saturated heterocycles. The lowest BCUT2D eigenvalue weighted by Crippen LogP contribution is -2.40. The van der Waals surface area contributed by atoms with Crippen molar-refractivity contribution in [3.63, 3.8) is 0 Å². The van der Waals surface area contributed by atoms with Crippen LogP contribution >= 0.6 is 0 Å². The molecule has 42 heavy (non-hydrogen) atoms. The molecule has 3 aromatic rings. The molecule has 1 aliphatic heterocycles. The molecule has 0 bridgehead atoms. The summed E-state index contributed by atoms with van der Waals surface area (Å²) in [6.07, 6.45) is 4.17. The lowest BCUT2D eigenvalue weighted by Gasteiger charge is -2.28.